The molecule has 2 aromatic rings. The molecule has 0 spiro atoms. The predicted octanol–water partition coefficient (Wildman–Crippen LogP) is 8.31. The van der Waals surface area contributed by atoms with Crippen LogP contribution in [0.5, 0.6) is 0 Å². The molecule has 7 rings (SSSR count). The van der Waals surface area contributed by atoms with E-state index in [-0.39, 0.29) is 46.8 Å². The zero-order valence-corrected chi connectivity index (χ0v) is 25.6. The van der Waals surface area contributed by atoms with Crippen LogP contribution in [0.3, 0.4) is 0 Å². The zero-order chi connectivity index (χ0) is 29.1. The van der Waals surface area contributed by atoms with Crippen molar-refractivity contribution in [1.29, 1.82) is 0 Å². The Balaban J connectivity index is 1.07. The van der Waals surface area contributed by atoms with Crippen LogP contribution < -0.4 is 0 Å². The smallest absolute Gasteiger partial charge is 0.309 e. The van der Waals surface area contributed by atoms with Crippen molar-refractivity contribution < 1.29 is 19.1 Å². The lowest BCUT2D eigenvalue weighted by molar-refractivity contribution is -0.164. The minimum atomic E-state index is -0.164. The average molecular weight is 570 g/mol. The van der Waals surface area contributed by atoms with Gasteiger partial charge < -0.3 is 9.47 Å². The Morgan fingerprint density at radius 2 is 1.71 bits per heavy atom. The molecule has 1 heterocycles. The highest BCUT2D eigenvalue weighted by Crippen LogP contribution is 2.66. The molecule has 0 unspecified atom stereocenters. The van der Waals surface area contributed by atoms with E-state index < -0.39 is 0 Å². The summed E-state index contributed by atoms with van der Waals surface area (Å²) in [5.74, 6) is 1.92. The summed E-state index contributed by atoms with van der Waals surface area (Å²) in [5, 5.41) is 1.15. The third-order valence-corrected chi connectivity index (χ3v) is 12.6. The minimum absolute atomic E-state index is 0.00604. The van der Waals surface area contributed by atoms with E-state index in [2.05, 4.69) is 50.3 Å². The van der Waals surface area contributed by atoms with Crippen molar-refractivity contribution >= 4 is 22.8 Å². The van der Waals surface area contributed by atoms with Gasteiger partial charge in [-0.25, -0.2) is 0 Å². The van der Waals surface area contributed by atoms with E-state index in [9.17, 15) is 9.59 Å². The van der Waals surface area contributed by atoms with Gasteiger partial charge in [0.15, 0.2) is 0 Å². The third kappa shape index (κ3) is 4.70. The number of para-hydroxylation sites is 1. The number of rotatable bonds is 4. The van der Waals surface area contributed by atoms with Gasteiger partial charge in [-0.05, 0) is 105 Å². The summed E-state index contributed by atoms with van der Waals surface area (Å²) in [6.45, 7) is 6.42. The Morgan fingerprint density at radius 1 is 0.881 bits per heavy atom. The molecule has 0 N–H and O–H groups in total. The fourth-order valence-corrected chi connectivity index (χ4v) is 10.4. The van der Waals surface area contributed by atoms with Crippen LogP contribution in [-0.4, -0.2) is 29.1 Å². The summed E-state index contributed by atoms with van der Waals surface area (Å²) in [7, 11) is 0. The van der Waals surface area contributed by atoms with Crippen molar-refractivity contribution in [2.75, 3.05) is 0 Å². The predicted molar refractivity (Wildman–Crippen MR) is 164 cm³/mol. The van der Waals surface area contributed by atoms with Crippen LogP contribution in [0.15, 0.2) is 48.0 Å². The number of benzene rings is 1. The van der Waals surface area contributed by atoms with Crippen molar-refractivity contribution in [1.82, 2.24) is 4.98 Å². The first-order valence-electron chi connectivity index (χ1n) is 16.7. The molecule has 1 aromatic carbocycles. The van der Waals surface area contributed by atoms with E-state index in [4.69, 9.17) is 14.5 Å². The number of carbonyl (C=O) groups is 2. The molecular formula is C37H47NO4. The number of aromatic nitrogens is 1. The molecule has 42 heavy (non-hydrogen) atoms. The third-order valence-electron chi connectivity index (χ3n) is 12.6. The van der Waals surface area contributed by atoms with Crippen LogP contribution in [0.25, 0.3) is 10.9 Å². The first-order valence-corrected chi connectivity index (χ1v) is 16.7. The van der Waals surface area contributed by atoms with Gasteiger partial charge in [0, 0.05) is 30.3 Å². The van der Waals surface area contributed by atoms with Crippen LogP contribution >= 0.6 is 0 Å². The van der Waals surface area contributed by atoms with Crippen molar-refractivity contribution in [2.45, 2.75) is 116 Å². The number of pyridine rings is 1. The van der Waals surface area contributed by atoms with E-state index in [1.54, 1.807) is 0 Å². The van der Waals surface area contributed by atoms with Gasteiger partial charge in [-0.3, -0.25) is 14.6 Å². The Morgan fingerprint density at radius 3 is 2.57 bits per heavy atom. The van der Waals surface area contributed by atoms with Gasteiger partial charge in [0.25, 0.3) is 0 Å². The van der Waals surface area contributed by atoms with E-state index in [0.717, 1.165) is 87.2 Å². The summed E-state index contributed by atoms with van der Waals surface area (Å²) < 4.78 is 12.2. The van der Waals surface area contributed by atoms with Gasteiger partial charge >= 0.3 is 11.9 Å². The molecule has 4 saturated carbocycles. The maximum atomic E-state index is 14.0. The molecule has 9 atom stereocenters. The summed E-state index contributed by atoms with van der Waals surface area (Å²) in [4.78, 5) is 30.7. The first kappa shape index (κ1) is 28.1. The molecule has 0 amide bonds. The second kappa shape index (κ2) is 10.8. The summed E-state index contributed by atoms with van der Waals surface area (Å²) >= 11 is 0. The number of hydrogen-bond acceptors (Lipinski definition) is 5. The van der Waals surface area contributed by atoms with Gasteiger partial charge in [-0.1, -0.05) is 56.2 Å². The van der Waals surface area contributed by atoms with Gasteiger partial charge in [-0.15, -0.1) is 0 Å². The monoisotopic (exact) mass is 569 g/mol. The Bertz CT molecular complexity index is 1400. The normalized spacial score (nSPS) is 39.4. The average Bonchev–Trinajstić information content (AvgIpc) is 3.34. The van der Waals surface area contributed by atoms with Gasteiger partial charge in [0.05, 0.1) is 11.4 Å². The summed E-state index contributed by atoms with van der Waals surface area (Å²) in [6.07, 6.45) is 15.1. The number of fused-ring (bicyclic) bond motifs is 6. The second-order valence-corrected chi connectivity index (χ2v) is 14.7. The van der Waals surface area contributed by atoms with Crippen LogP contribution in [0.2, 0.25) is 0 Å². The van der Waals surface area contributed by atoms with Gasteiger partial charge in [0.2, 0.25) is 0 Å². The highest BCUT2D eigenvalue weighted by molar-refractivity contribution is 5.78. The van der Waals surface area contributed by atoms with Crippen LogP contribution in [-0.2, 0) is 19.1 Å². The largest absolute Gasteiger partial charge is 0.462 e. The molecule has 1 aromatic heterocycles. The summed E-state index contributed by atoms with van der Waals surface area (Å²) in [5.41, 5.74) is 3.82. The van der Waals surface area contributed by atoms with E-state index >= 15 is 0 Å². The Hall–Kier alpha value is -2.69. The fourth-order valence-electron chi connectivity index (χ4n) is 10.4. The van der Waals surface area contributed by atoms with Crippen molar-refractivity contribution in [2.24, 2.45) is 34.5 Å². The molecule has 5 aliphatic rings. The molecule has 4 fully saturated rings. The molecular weight excluding hydrogens is 522 g/mol. The molecule has 5 heteroatoms. The molecule has 0 radical (unpaired) electrons. The SMILES string of the molecule is CC(=O)O[C@H]1CC[C@@]2(C)C(=CC[C@H]3[C@@H]4CC[C@H](C(=O)O[C@H]5CCCC[C@@H]5c5ccc6ccccc6n5)[C@@]4(C)CC[C@@H]32)C1. The number of esters is 2. The highest BCUT2D eigenvalue weighted by Gasteiger charge is 2.60. The maximum Gasteiger partial charge on any atom is 0.309 e. The quantitative estimate of drug-likeness (QED) is 0.274. The molecule has 0 saturated heterocycles. The van der Waals surface area contributed by atoms with Gasteiger partial charge in [0.1, 0.15) is 12.2 Å². The second-order valence-electron chi connectivity index (χ2n) is 14.7. The van der Waals surface area contributed by atoms with Crippen molar-refractivity contribution in [3.8, 4) is 0 Å². The lowest BCUT2D eigenvalue weighted by Gasteiger charge is -2.58. The van der Waals surface area contributed by atoms with Crippen molar-refractivity contribution in [3.63, 3.8) is 0 Å². The number of hydrogen-bond donors (Lipinski definition) is 0. The van der Waals surface area contributed by atoms with E-state index in [1.165, 1.54) is 18.9 Å². The van der Waals surface area contributed by atoms with E-state index in [0.29, 0.717) is 17.8 Å². The molecule has 224 valence electrons. The zero-order valence-electron chi connectivity index (χ0n) is 25.6. The van der Waals surface area contributed by atoms with Crippen LogP contribution in [0.1, 0.15) is 109 Å². The summed E-state index contributed by atoms with van der Waals surface area (Å²) in [6, 6.07) is 12.6. The molecule has 0 aliphatic heterocycles. The lowest BCUT2D eigenvalue weighted by Crippen LogP contribution is -2.51. The molecule has 5 aliphatic carbocycles. The fraction of sp³-hybridized carbons (Fsp3) is 0.649. The highest BCUT2D eigenvalue weighted by atomic mass is 16.5. The number of ether oxygens (including phenoxy) is 2. The molecule has 0 bridgehead atoms. The standard InChI is InChI=1S/C37H47NO4/c1-23(39)41-26-18-20-36(2)25(22-26)13-14-27-29-15-16-31(37(29,3)21-19-30(27)36)35(40)42-34-11-7-5-9-28(34)33-17-12-24-8-4-6-10-32(24)38-33/h4,6,8,10,12-13,17,26-31,34H,5,7,9,11,14-16,18-22H2,1-3H3/t26-,27-,28+,29-,30-,31+,34-,36-,37-/m0/s1. The number of carbonyl (C=O) groups excluding carboxylic acids is 2. The number of nitrogens with zero attached hydrogens (tertiary/aromatic N) is 1. The lowest BCUT2D eigenvalue weighted by atomic mass is 9.47. The first-order chi connectivity index (χ1) is 20.3. The Kier molecular flexibility index (Phi) is 7.22. The van der Waals surface area contributed by atoms with E-state index in [1.807, 2.05) is 6.07 Å². The van der Waals surface area contributed by atoms with Crippen molar-refractivity contribution in [3.05, 3.63) is 53.7 Å². The number of allylic oxidation sites excluding steroid dienone is 1. The topological polar surface area (TPSA) is 65.5 Å². The molecule has 5 nitrogen and oxygen atoms in total. The maximum absolute atomic E-state index is 14.0. The van der Waals surface area contributed by atoms with Crippen LogP contribution in [0, 0.1) is 34.5 Å². The van der Waals surface area contributed by atoms with Crippen LogP contribution in [0.4, 0.5) is 0 Å². The minimum Gasteiger partial charge on any atom is -0.462 e. The van der Waals surface area contributed by atoms with Gasteiger partial charge in [-0.2, -0.15) is 0 Å². The Labute approximate surface area is 250 Å².